The Labute approximate surface area is 262 Å². The van der Waals surface area contributed by atoms with E-state index in [0.717, 1.165) is 17.1 Å². The zero-order valence-electron chi connectivity index (χ0n) is 24.7. The first-order chi connectivity index (χ1) is 22.3. The summed E-state index contributed by atoms with van der Waals surface area (Å²) in [5.41, 5.74) is 5.87. The first kappa shape index (κ1) is 25.6. The van der Waals surface area contributed by atoms with Crippen LogP contribution in [-0.4, -0.2) is 0 Å². The van der Waals surface area contributed by atoms with E-state index < -0.39 is 0 Å². The summed E-state index contributed by atoms with van der Waals surface area (Å²) in [6.07, 6.45) is 0. The highest BCUT2D eigenvalue weighted by atomic mass is 15.1. The van der Waals surface area contributed by atoms with Gasteiger partial charge >= 0.3 is 0 Å². The Morgan fingerprint density at radius 1 is 0.289 bits per heavy atom. The van der Waals surface area contributed by atoms with Crippen LogP contribution in [-0.2, 0) is 0 Å². The lowest BCUT2D eigenvalue weighted by Gasteiger charge is -2.26. The second-order valence-corrected chi connectivity index (χ2v) is 11.8. The van der Waals surface area contributed by atoms with Gasteiger partial charge in [-0.15, -0.1) is 0 Å². The number of rotatable bonds is 4. The van der Waals surface area contributed by atoms with Gasteiger partial charge in [-0.3, -0.25) is 0 Å². The second kappa shape index (κ2) is 10.4. The van der Waals surface area contributed by atoms with Crippen molar-refractivity contribution in [3.63, 3.8) is 0 Å². The zero-order valence-corrected chi connectivity index (χ0v) is 24.7. The number of nitrogens with zero attached hydrogens (tertiary/aromatic N) is 1. The molecule has 0 atom stereocenters. The minimum absolute atomic E-state index is 1.13. The van der Waals surface area contributed by atoms with Gasteiger partial charge in [0.1, 0.15) is 0 Å². The summed E-state index contributed by atoms with van der Waals surface area (Å²) in [6.45, 7) is 0. The molecule has 9 aromatic carbocycles. The van der Waals surface area contributed by atoms with Crippen molar-refractivity contribution in [1.82, 2.24) is 0 Å². The Balaban J connectivity index is 1.26. The van der Waals surface area contributed by atoms with Gasteiger partial charge in [0.05, 0.1) is 0 Å². The molecule has 0 aliphatic rings. The maximum absolute atomic E-state index is 2.38. The highest BCUT2D eigenvalue weighted by molar-refractivity contribution is 6.24. The van der Waals surface area contributed by atoms with Crippen molar-refractivity contribution >= 4 is 70.9 Å². The van der Waals surface area contributed by atoms with Gasteiger partial charge in [-0.2, -0.15) is 0 Å². The van der Waals surface area contributed by atoms with Crippen LogP contribution in [0.3, 0.4) is 0 Å². The fourth-order valence-corrected chi connectivity index (χ4v) is 7.07. The van der Waals surface area contributed by atoms with E-state index in [1.165, 1.54) is 65.0 Å². The molecule has 1 heteroatoms. The largest absolute Gasteiger partial charge is 0.310 e. The summed E-state index contributed by atoms with van der Waals surface area (Å²) >= 11 is 0. The SMILES string of the molecule is c1ccc(-c2cccc3ccc(N(c4ccccc4)c4ccc5c(ccc6ccc7c8ccccc8ccc7c65)c4)cc23)cc1. The van der Waals surface area contributed by atoms with E-state index in [-0.39, 0.29) is 0 Å². The number of hydrogen-bond acceptors (Lipinski definition) is 1. The molecule has 0 spiro atoms. The summed E-state index contributed by atoms with van der Waals surface area (Å²) in [7, 11) is 0. The molecule has 210 valence electrons. The molecule has 0 aliphatic carbocycles. The van der Waals surface area contributed by atoms with E-state index >= 15 is 0 Å². The van der Waals surface area contributed by atoms with Crippen LogP contribution in [0.25, 0.3) is 65.0 Å². The highest BCUT2D eigenvalue weighted by Crippen LogP contribution is 2.41. The molecule has 0 aliphatic heterocycles. The molecule has 0 amide bonds. The van der Waals surface area contributed by atoms with Crippen molar-refractivity contribution in [3.05, 3.63) is 176 Å². The summed E-state index contributed by atoms with van der Waals surface area (Å²) in [5, 5.41) is 12.7. The van der Waals surface area contributed by atoms with Crippen molar-refractivity contribution in [2.75, 3.05) is 4.90 Å². The molecule has 0 saturated heterocycles. The maximum Gasteiger partial charge on any atom is 0.0468 e. The fraction of sp³-hybridized carbons (Fsp3) is 0. The van der Waals surface area contributed by atoms with Crippen LogP contribution in [0.5, 0.6) is 0 Å². The van der Waals surface area contributed by atoms with Crippen LogP contribution in [0.2, 0.25) is 0 Å². The van der Waals surface area contributed by atoms with Gasteiger partial charge in [0.15, 0.2) is 0 Å². The Bertz CT molecular complexity index is 2530. The summed E-state index contributed by atoms with van der Waals surface area (Å²) in [6, 6.07) is 64.0. The van der Waals surface area contributed by atoms with Crippen molar-refractivity contribution in [2.45, 2.75) is 0 Å². The third-order valence-corrected chi connectivity index (χ3v) is 9.19. The predicted octanol–water partition coefficient (Wildman–Crippen LogP) is 12.6. The summed E-state index contributed by atoms with van der Waals surface area (Å²) < 4.78 is 0. The Morgan fingerprint density at radius 2 is 0.889 bits per heavy atom. The van der Waals surface area contributed by atoms with Gasteiger partial charge < -0.3 is 4.90 Å². The second-order valence-electron chi connectivity index (χ2n) is 11.8. The average Bonchev–Trinajstić information content (AvgIpc) is 3.11. The van der Waals surface area contributed by atoms with Crippen molar-refractivity contribution < 1.29 is 0 Å². The van der Waals surface area contributed by atoms with E-state index in [1.807, 2.05) is 0 Å². The lowest BCUT2D eigenvalue weighted by atomic mass is 9.93. The van der Waals surface area contributed by atoms with E-state index in [0.29, 0.717) is 0 Å². The normalized spacial score (nSPS) is 11.6. The van der Waals surface area contributed by atoms with Gasteiger partial charge in [0, 0.05) is 17.1 Å². The van der Waals surface area contributed by atoms with Crippen LogP contribution in [0.4, 0.5) is 17.1 Å². The van der Waals surface area contributed by atoms with Crippen LogP contribution in [0.15, 0.2) is 176 Å². The molecule has 0 N–H and O–H groups in total. The number of anilines is 3. The van der Waals surface area contributed by atoms with E-state index in [1.54, 1.807) is 0 Å². The molecule has 0 bridgehead atoms. The molecular formula is C44H29N. The van der Waals surface area contributed by atoms with Crippen LogP contribution < -0.4 is 4.90 Å². The lowest BCUT2D eigenvalue weighted by molar-refractivity contribution is 1.29. The quantitative estimate of drug-likeness (QED) is 0.190. The average molecular weight is 572 g/mol. The molecule has 0 fully saturated rings. The standard InChI is InChI=1S/C44H29N/c1-3-10-30(11-4-1)39-17-9-13-32-20-23-37(29-43(32)39)45(35-14-5-2-6-15-35)36-24-27-40-34(28-36)19-18-33-22-25-41-38-16-8-7-12-31(38)21-26-42(41)44(33)40/h1-29H. The molecule has 0 radical (unpaired) electrons. The Morgan fingerprint density at radius 3 is 1.78 bits per heavy atom. The number of fused-ring (bicyclic) bond motifs is 8. The molecule has 9 aromatic rings. The summed E-state index contributed by atoms with van der Waals surface area (Å²) in [4.78, 5) is 2.38. The smallest absolute Gasteiger partial charge is 0.0468 e. The summed E-state index contributed by atoms with van der Waals surface area (Å²) in [5.74, 6) is 0. The van der Waals surface area contributed by atoms with Crippen LogP contribution >= 0.6 is 0 Å². The third kappa shape index (κ3) is 4.24. The van der Waals surface area contributed by atoms with Crippen LogP contribution in [0.1, 0.15) is 0 Å². The first-order valence-electron chi connectivity index (χ1n) is 15.5. The maximum atomic E-state index is 2.38. The molecule has 0 aromatic heterocycles. The first-order valence-corrected chi connectivity index (χ1v) is 15.5. The third-order valence-electron chi connectivity index (χ3n) is 9.19. The van der Waals surface area contributed by atoms with Gasteiger partial charge in [0.25, 0.3) is 0 Å². The van der Waals surface area contributed by atoms with E-state index in [9.17, 15) is 0 Å². The van der Waals surface area contributed by atoms with Gasteiger partial charge in [0.2, 0.25) is 0 Å². The zero-order chi connectivity index (χ0) is 29.7. The predicted molar refractivity (Wildman–Crippen MR) is 194 cm³/mol. The molecule has 0 heterocycles. The highest BCUT2D eigenvalue weighted by Gasteiger charge is 2.16. The minimum Gasteiger partial charge on any atom is -0.310 e. The Kier molecular flexibility index (Phi) is 5.89. The monoisotopic (exact) mass is 571 g/mol. The van der Waals surface area contributed by atoms with Gasteiger partial charge in [-0.1, -0.05) is 140 Å². The molecular weight excluding hydrogens is 542 g/mol. The van der Waals surface area contributed by atoms with Gasteiger partial charge in [-0.25, -0.2) is 0 Å². The molecule has 45 heavy (non-hydrogen) atoms. The fourth-order valence-electron chi connectivity index (χ4n) is 7.07. The number of hydrogen-bond donors (Lipinski definition) is 0. The van der Waals surface area contributed by atoms with Crippen molar-refractivity contribution in [2.24, 2.45) is 0 Å². The molecule has 0 saturated carbocycles. The molecule has 9 rings (SSSR count). The van der Waals surface area contributed by atoms with Crippen LogP contribution in [0, 0.1) is 0 Å². The molecule has 0 unspecified atom stereocenters. The Hall–Kier alpha value is -5.92. The molecule has 1 nitrogen and oxygen atoms in total. The van der Waals surface area contributed by atoms with E-state index in [2.05, 4.69) is 181 Å². The van der Waals surface area contributed by atoms with Gasteiger partial charge in [-0.05, 0) is 101 Å². The number of benzene rings is 9. The van der Waals surface area contributed by atoms with E-state index in [4.69, 9.17) is 0 Å². The minimum atomic E-state index is 1.13. The number of para-hydroxylation sites is 1. The lowest BCUT2D eigenvalue weighted by Crippen LogP contribution is -2.09. The topological polar surface area (TPSA) is 3.24 Å². The van der Waals surface area contributed by atoms with Crippen molar-refractivity contribution in [3.8, 4) is 11.1 Å². The van der Waals surface area contributed by atoms with Crippen molar-refractivity contribution in [1.29, 1.82) is 0 Å².